The maximum atomic E-state index is 12.2. The van der Waals surface area contributed by atoms with Crippen LogP contribution in [0.25, 0.3) is 10.6 Å². The zero-order valence-corrected chi connectivity index (χ0v) is 13.9. The predicted octanol–water partition coefficient (Wildman–Crippen LogP) is 4.58. The number of hydrogen-bond acceptors (Lipinski definition) is 4. The lowest BCUT2D eigenvalue weighted by Gasteiger charge is -2.09. The number of benzene rings is 2. The molecule has 0 aliphatic heterocycles. The van der Waals surface area contributed by atoms with Gasteiger partial charge in [-0.05, 0) is 25.0 Å². The molecule has 0 unspecified atom stereocenters. The van der Waals surface area contributed by atoms with E-state index in [0.29, 0.717) is 5.75 Å². The Balaban J connectivity index is 1.70. The van der Waals surface area contributed by atoms with Crippen molar-refractivity contribution >= 4 is 17.3 Å². The van der Waals surface area contributed by atoms with Gasteiger partial charge in [0.2, 0.25) is 0 Å². The van der Waals surface area contributed by atoms with Gasteiger partial charge in [-0.2, -0.15) is 0 Å². The molecule has 1 aromatic heterocycles. The minimum Gasteiger partial charge on any atom is -0.426 e. The quantitative estimate of drug-likeness (QED) is 0.521. The third-order valence-electron chi connectivity index (χ3n) is 3.52. The molecule has 3 aromatic rings. The fourth-order valence-corrected chi connectivity index (χ4v) is 3.19. The Morgan fingerprint density at radius 3 is 2.43 bits per heavy atom. The molecule has 3 rings (SSSR count). The first kappa shape index (κ1) is 15.4. The molecule has 0 saturated heterocycles. The highest BCUT2D eigenvalue weighted by atomic mass is 32.1. The summed E-state index contributed by atoms with van der Waals surface area (Å²) in [5.41, 5.74) is 3.72. The van der Waals surface area contributed by atoms with E-state index >= 15 is 0 Å². The molecule has 0 aliphatic rings. The Hall–Kier alpha value is -2.46. The minimum absolute atomic E-state index is 0.178. The van der Waals surface area contributed by atoms with Gasteiger partial charge in [-0.1, -0.05) is 48.5 Å². The Bertz CT molecular complexity index is 804. The van der Waals surface area contributed by atoms with Gasteiger partial charge < -0.3 is 4.74 Å². The van der Waals surface area contributed by atoms with Crippen molar-refractivity contribution < 1.29 is 9.53 Å². The van der Waals surface area contributed by atoms with Gasteiger partial charge in [-0.25, -0.2) is 4.98 Å². The molecule has 4 heteroatoms. The number of ether oxygens (including phenoxy) is 1. The van der Waals surface area contributed by atoms with Crippen LogP contribution in [0.4, 0.5) is 0 Å². The number of aromatic nitrogens is 1. The van der Waals surface area contributed by atoms with Gasteiger partial charge in [-0.3, -0.25) is 4.79 Å². The van der Waals surface area contributed by atoms with Crippen molar-refractivity contribution in [1.29, 1.82) is 0 Å². The van der Waals surface area contributed by atoms with Crippen LogP contribution in [-0.4, -0.2) is 11.0 Å². The number of esters is 1. The van der Waals surface area contributed by atoms with Gasteiger partial charge in [-0.15, -0.1) is 11.3 Å². The second-order valence-electron chi connectivity index (χ2n) is 5.38. The van der Waals surface area contributed by atoms with Crippen LogP contribution in [0.1, 0.15) is 16.8 Å². The van der Waals surface area contributed by atoms with Crippen molar-refractivity contribution in [2.24, 2.45) is 0 Å². The maximum absolute atomic E-state index is 12.2. The molecule has 116 valence electrons. The molecule has 2 aromatic carbocycles. The molecule has 3 nitrogen and oxygen atoms in total. The van der Waals surface area contributed by atoms with E-state index in [1.807, 2.05) is 67.8 Å². The molecular weight excluding hydrogens is 306 g/mol. The van der Waals surface area contributed by atoms with Crippen molar-refractivity contribution in [1.82, 2.24) is 4.98 Å². The lowest BCUT2D eigenvalue weighted by molar-refractivity contribution is -0.133. The highest BCUT2D eigenvalue weighted by Gasteiger charge is 2.13. The molecule has 0 fully saturated rings. The number of aryl methyl sites for hydroxylation is 2. The fraction of sp³-hybridized carbons (Fsp3) is 0.158. The summed E-state index contributed by atoms with van der Waals surface area (Å²) in [6, 6.07) is 15.8. The summed E-state index contributed by atoms with van der Waals surface area (Å²) in [5, 5.41) is 2.83. The SMILES string of the molecule is Cc1cccc(C)c1OC(=O)Cc1csc(-c2ccccc2)n1. The number of hydrogen-bond donors (Lipinski definition) is 0. The van der Waals surface area contributed by atoms with E-state index < -0.39 is 0 Å². The lowest BCUT2D eigenvalue weighted by atomic mass is 10.1. The van der Waals surface area contributed by atoms with E-state index in [0.717, 1.165) is 27.4 Å². The molecule has 0 aliphatic carbocycles. The number of carbonyl (C=O) groups excluding carboxylic acids is 1. The first-order valence-electron chi connectivity index (χ1n) is 7.40. The van der Waals surface area contributed by atoms with Crippen molar-refractivity contribution in [3.05, 3.63) is 70.7 Å². The van der Waals surface area contributed by atoms with Crippen molar-refractivity contribution in [3.8, 4) is 16.3 Å². The average Bonchev–Trinajstić information content (AvgIpc) is 3.00. The molecule has 0 spiro atoms. The number of rotatable bonds is 4. The largest absolute Gasteiger partial charge is 0.426 e. The summed E-state index contributed by atoms with van der Waals surface area (Å²) < 4.78 is 5.52. The van der Waals surface area contributed by atoms with Crippen LogP contribution in [-0.2, 0) is 11.2 Å². The minimum atomic E-state index is -0.285. The molecule has 0 N–H and O–H groups in total. The van der Waals surface area contributed by atoms with Crippen LogP contribution in [0.5, 0.6) is 5.75 Å². The van der Waals surface area contributed by atoms with Gasteiger partial charge in [0.25, 0.3) is 0 Å². The first-order chi connectivity index (χ1) is 11.1. The molecule has 0 amide bonds. The lowest BCUT2D eigenvalue weighted by Crippen LogP contribution is -2.13. The predicted molar refractivity (Wildman–Crippen MR) is 92.8 cm³/mol. The van der Waals surface area contributed by atoms with Gasteiger partial charge in [0.15, 0.2) is 0 Å². The monoisotopic (exact) mass is 323 g/mol. The number of carbonyl (C=O) groups is 1. The Labute approximate surface area is 139 Å². The third kappa shape index (κ3) is 3.66. The zero-order chi connectivity index (χ0) is 16.2. The van der Waals surface area contributed by atoms with E-state index in [4.69, 9.17) is 4.74 Å². The van der Waals surface area contributed by atoms with Crippen LogP contribution in [0.15, 0.2) is 53.9 Å². The van der Waals surface area contributed by atoms with E-state index in [1.165, 1.54) is 11.3 Å². The second kappa shape index (κ2) is 6.75. The van der Waals surface area contributed by atoms with Gasteiger partial charge in [0, 0.05) is 10.9 Å². The standard InChI is InChI=1S/C19H17NO2S/c1-13-7-6-8-14(2)18(13)22-17(21)11-16-12-23-19(20-16)15-9-4-3-5-10-15/h3-10,12H,11H2,1-2H3. The van der Waals surface area contributed by atoms with Crippen LogP contribution in [0.3, 0.4) is 0 Å². The van der Waals surface area contributed by atoms with Gasteiger partial charge in [0.05, 0.1) is 12.1 Å². The highest BCUT2D eigenvalue weighted by molar-refractivity contribution is 7.13. The van der Waals surface area contributed by atoms with Crippen molar-refractivity contribution in [2.45, 2.75) is 20.3 Å². The van der Waals surface area contributed by atoms with Crippen LogP contribution < -0.4 is 4.74 Å². The van der Waals surface area contributed by atoms with E-state index in [1.54, 1.807) is 0 Å². The number of nitrogens with zero attached hydrogens (tertiary/aromatic N) is 1. The van der Waals surface area contributed by atoms with Crippen LogP contribution in [0.2, 0.25) is 0 Å². The number of para-hydroxylation sites is 1. The topological polar surface area (TPSA) is 39.2 Å². The van der Waals surface area contributed by atoms with Gasteiger partial charge >= 0.3 is 5.97 Å². The summed E-state index contributed by atoms with van der Waals surface area (Å²) in [5.74, 6) is 0.364. The average molecular weight is 323 g/mol. The highest BCUT2D eigenvalue weighted by Crippen LogP contribution is 2.25. The fourth-order valence-electron chi connectivity index (χ4n) is 2.36. The van der Waals surface area contributed by atoms with E-state index in [-0.39, 0.29) is 12.4 Å². The molecule has 0 saturated carbocycles. The summed E-state index contributed by atoms with van der Waals surface area (Å²) in [4.78, 5) is 16.7. The first-order valence-corrected chi connectivity index (χ1v) is 8.28. The Morgan fingerprint density at radius 1 is 1.04 bits per heavy atom. The van der Waals surface area contributed by atoms with E-state index in [9.17, 15) is 4.79 Å². The van der Waals surface area contributed by atoms with Crippen LogP contribution >= 0.6 is 11.3 Å². The zero-order valence-electron chi connectivity index (χ0n) is 13.1. The third-order valence-corrected chi connectivity index (χ3v) is 4.46. The van der Waals surface area contributed by atoms with Gasteiger partial charge in [0.1, 0.15) is 10.8 Å². The molecule has 23 heavy (non-hydrogen) atoms. The number of thiazole rings is 1. The molecule has 0 atom stereocenters. The molecule has 1 heterocycles. The summed E-state index contributed by atoms with van der Waals surface area (Å²) in [6.45, 7) is 3.87. The van der Waals surface area contributed by atoms with Crippen molar-refractivity contribution in [3.63, 3.8) is 0 Å². The summed E-state index contributed by atoms with van der Waals surface area (Å²) in [7, 11) is 0. The summed E-state index contributed by atoms with van der Waals surface area (Å²) >= 11 is 1.54. The van der Waals surface area contributed by atoms with Crippen molar-refractivity contribution in [2.75, 3.05) is 0 Å². The normalized spacial score (nSPS) is 10.5. The molecule has 0 bridgehead atoms. The molecular formula is C19H17NO2S. The smallest absolute Gasteiger partial charge is 0.317 e. The Kier molecular flexibility index (Phi) is 4.53. The Morgan fingerprint density at radius 2 is 1.74 bits per heavy atom. The summed E-state index contributed by atoms with van der Waals surface area (Å²) in [6.07, 6.45) is 0.178. The van der Waals surface area contributed by atoms with E-state index in [2.05, 4.69) is 4.98 Å². The maximum Gasteiger partial charge on any atom is 0.317 e. The van der Waals surface area contributed by atoms with Crippen LogP contribution in [0, 0.1) is 13.8 Å². The second-order valence-corrected chi connectivity index (χ2v) is 6.24. The molecule has 0 radical (unpaired) electrons.